The molecule has 3 rings (SSSR count). The Balaban J connectivity index is 1.74. The lowest BCUT2D eigenvalue weighted by molar-refractivity contribution is -0.139. The van der Waals surface area contributed by atoms with Gasteiger partial charge >= 0.3 is 5.97 Å². The maximum atomic E-state index is 11.4. The third-order valence-corrected chi connectivity index (χ3v) is 4.63. The van der Waals surface area contributed by atoms with Gasteiger partial charge in [-0.25, -0.2) is 4.79 Å². The van der Waals surface area contributed by atoms with Crippen LogP contribution in [-0.4, -0.2) is 18.5 Å². The molecule has 0 amide bonds. The van der Waals surface area contributed by atoms with Gasteiger partial charge in [-0.05, 0) is 59.0 Å². The van der Waals surface area contributed by atoms with Crippen molar-refractivity contribution in [2.75, 3.05) is 6.61 Å². The number of esters is 1. The van der Waals surface area contributed by atoms with Crippen molar-refractivity contribution in [1.29, 1.82) is 5.41 Å². The highest BCUT2D eigenvalue weighted by atomic mass is 16.5. The van der Waals surface area contributed by atoms with Crippen molar-refractivity contribution < 1.29 is 14.3 Å². The number of aryl methyl sites for hydroxylation is 1. The number of carbonyl (C=O) groups is 1. The first kappa shape index (κ1) is 19.6. The zero-order valence-corrected chi connectivity index (χ0v) is 16.4. The van der Waals surface area contributed by atoms with Crippen molar-refractivity contribution in [3.8, 4) is 5.75 Å². The monoisotopic (exact) mass is 375 g/mol. The smallest absolute Gasteiger partial charge is 0.333 e. The van der Waals surface area contributed by atoms with Crippen molar-refractivity contribution in [2.45, 2.75) is 33.1 Å². The topological polar surface area (TPSA) is 59.4 Å². The van der Waals surface area contributed by atoms with Gasteiger partial charge in [-0.2, -0.15) is 0 Å². The molecule has 0 saturated heterocycles. The van der Waals surface area contributed by atoms with Gasteiger partial charge in [0.05, 0.1) is 6.61 Å². The minimum Gasteiger partial charge on any atom is -0.462 e. The Morgan fingerprint density at radius 2 is 1.71 bits per heavy atom. The van der Waals surface area contributed by atoms with Gasteiger partial charge < -0.3 is 9.47 Å². The molecule has 0 bridgehead atoms. The lowest BCUT2D eigenvalue weighted by Crippen LogP contribution is -2.06. The third-order valence-electron chi connectivity index (χ3n) is 4.63. The molecule has 0 aromatic heterocycles. The standard InChI is InChI=1S/C24H25NO3/c1-4-23(25)28-20-10-12-22-19(15-20)9-8-18-14-17(7-11-21(18)22)6-5-13-27-24(26)16(2)3/h7-12,14-15,25H,2,4-6,13H2,1,3H3. The molecule has 0 aliphatic rings. The zero-order valence-electron chi connectivity index (χ0n) is 16.4. The van der Waals surface area contributed by atoms with Crippen LogP contribution in [0.25, 0.3) is 21.5 Å². The summed E-state index contributed by atoms with van der Waals surface area (Å²) >= 11 is 0. The first-order valence-electron chi connectivity index (χ1n) is 9.51. The highest BCUT2D eigenvalue weighted by Gasteiger charge is 2.06. The highest BCUT2D eigenvalue weighted by Crippen LogP contribution is 2.29. The number of benzene rings is 3. The van der Waals surface area contributed by atoms with Crippen LogP contribution in [-0.2, 0) is 16.0 Å². The summed E-state index contributed by atoms with van der Waals surface area (Å²) in [6.45, 7) is 7.54. The number of nitrogens with one attached hydrogen (secondary N) is 1. The second kappa shape index (κ2) is 8.70. The molecule has 28 heavy (non-hydrogen) atoms. The van der Waals surface area contributed by atoms with E-state index in [9.17, 15) is 4.79 Å². The maximum Gasteiger partial charge on any atom is 0.333 e. The normalized spacial score (nSPS) is 10.8. The van der Waals surface area contributed by atoms with E-state index >= 15 is 0 Å². The highest BCUT2D eigenvalue weighted by molar-refractivity contribution is 6.08. The molecule has 0 saturated carbocycles. The minimum absolute atomic E-state index is 0.263. The first-order chi connectivity index (χ1) is 13.5. The average molecular weight is 375 g/mol. The minimum atomic E-state index is -0.331. The molecule has 0 aliphatic heterocycles. The summed E-state index contributed by atoms with van der Waals surface area (Å²) in [5.74, 6) is 0.626. The Morgan fingerprint density at radius 1 is 1.04 bits per heavy atom. The van der Waals surface area contributed by atoms with E-state index in [0.29, 0.717) is 24.4 Å². The van der Waals surface area contributed by atoms with Crippen LogP contribution in [0.15, 0.2) is 60.7 Å². The molecule has 0 spiro atoms. The largest absolute Gasteiger partial charge is 0.462 e. The van der Waals surface area contributed by atoms with Gasteiger partial charge in [-0.1, -0.05) is 49.9 Å². The fourth-order valence-corrected chi connectivity index (χ4v) is 3.10. The van der Waals surface area contributed by atoms with Gasteiger partial charge in [0.1, 0.15) is 5.75 Å². The van der Waals surface area contributed by atoms with Crippen LogP contribution >= 0.6 is 0 Å². The average Bonchev–Trinajstić information content (AvgIpc) is 2.70. The summed E-state index contributed by atoms with van der Waals surface area (Å²) in [4.78, 5) is 11.4. The molecule has 0 unspecified atom stereocenters. The molecule has 3 aromatic carbocycles. The summed E-state index contributed by atoms with van der Waals surface area (Å²) < 4.78 is 10.7. The summed E-state index contributed by atoms with van der Waals surface area (Å²) in [5.41, 5.74) is 1.65. The second-order valence-electron chi connectivity index (χ2n) is 6.90. The molecular formula is C24H25NO3. The first-order valence-corrected chi connectivity index (χ1v) is 9.51. The van der Waals surface area contributed by atoms with E-state index in [1.54, 1.807) is 6.92 Å². The van der Waals surface area contributed by atoms with E-state index in [4.69, 9.17) is 14.9 Å². The SMILES string of the molecule is C=C(C)C(=O)OCCCc1ccc2c(ccc3cc(OC(=N)CC)ccc32)c1. The molecule has 0 atom stereocenters. The number of fused-ring (bicyclic) bond motifs is 3. The van der Waals surface area contributed by atoms with E-state index < -0.39 is 0 Å². The molecule has 3 aromatic rings. The predicted molar refractivity (Wildman–Crippen MR) is 114 cm³/mol. The molecule has 0 radical (unpaired) electrons. The number of ether oxygens (including phenoxy) is 2. The lowest BCUT2D eigenvalue weighted by atomic mass is 9.98. The van der Waals surface area contributed by atoms with E-state index in [1.165, 1.54) is 16.3 Å². The number of hydrogen-bond donors (Lipinski definition) is 1. The maximum absolute atomic E-state index is 11.4. The van der Waals surface area contributed by atoms with Gasteiger partial charge in [0.15, 0.2) is 5.90 Å². The van der Waals surface area contributed by atoms with Crippen molar-refractivity contribution in [3.63, 3.8) is 0 Å². The van der Waals surface area contributed by atoms with Gasteiger partial charge in [0.2, 0.25) is 0 Å². The van der Waals surface area contributed by atoms with E-state index in [0.717, 1.165) is 23.6 Å². The number of rotatable bonds is 7. The molecule has 1 N–H and O–H groups in total. The van der Waals surface area contributed by atoms with Crippen molar-refractivity contribution >= 4 is 33.4 Å². The molecule has 4 heteroatoms. The third kappa shape index (κ3) is 4.58. The van der Waals surface area contributed by atoms with Crippen molar-refractivity contribution in [2.24, 2.45) is 0 Å². The fourth-order valence-electron chi connectivity index (χ4n) is 3.10. The quantitative estimate of drug-likeness (QED) is 0.142. The summed E-state index contributed by atoms with van der Waals surface area (Å²) in [6, 6.07) is 16.6. The number of hydrogen-bond acceptors (Lipinski definition) is 4. The van der Waals surface area contributed by atoms with E-state index in [-0.39, 0.29) is 11.9 Å². The fraction of sp³-hybridized carbons (Fsp3) is 0.250. The van der Waals surface area contributed by atoms with Crippen molar-refractivity contribution in [3.05, 3.63) is 66.2 Å². The van der Waals surface area contributed by atoms with Crippen LogP contribution in [0.5, 0.6) is 5.75 Å². The summed E-state index contributed by atoms with van der Waals surface area (Å²) in [6.07, 6.45) is 2.20. The predicted octanol–water partition coefficient (Wildman–Crippen LogP) is 5.81. The molecule has 0 fully saturated rings. The number of carbonyl (C=O) groups excluding carboxylic acids is 1. The second-order valence-corrected chi connectivity index (χ2v) is 6.90. The summed E-state index contributed by atoms with van der Waals surface area (Å²) in [7, 11) is 0. The Kier molecular flexibility index (Phi) is 6.09. The van der Waals surface area contributed by atoms with Crippen LogP contribution in [0.4, 0.5) is 0 Å². The lowest BCUT2D eigenvalue weighted by Gasteiger charge is -2.10. The Labute approximate surface area is 165 Å². The molecule has 0 aliphatic carbocycles. The van der Waals surface area contributed by atoms with Crippen LogP contribution in [0.3, 0.4) is 0 Å². The zero-order chi connectivity index (χ0) is 20.1. The van der Waals surface area contributed by atoms with Gasteiger partial charge in [-0.3, -0.25) is 5.41 Å². The van der Waals surface area contributed by atoms with Crippen LogP contribution in [0, 0.1) is 5.41 Å². The van der Waals surface area contributed by atoms with E-state index in [2.05, 4.69) is 36.9 Å². The van der Waals surface area contributed by atoms with Gasteiger partial charge in [0.25, 0.3) is 0 Å². The van der Waals surface area contributed by atoms with Gasteiger partial charge in [-0.15, -0.1) is 0 Å². The van der Waals surface area contributed by atoms with Crippen LogP contribution < -0.4 is 4.74 Å². The Bertz CT molecular complexity index is 1050. The van der Waals surface area contributed by atoms with Crippen molar-refractivity contribution in [1.82, 2.24) is 0 Å². The molecule has 0 heterocycles. The van der Waals surface area contributed by atoms with Gasteiger partial charge in [0, 0.05) is 12.0 Å². The van der Waals surface area contributed by atoms with E-state index in [1.807, 2.05) is 25.1 Å². The Hall–Kier alpha value is -3.14. The Morgan fingerprint density at radius 3 is 2.39 bits per heavy atom. The van der Waals surface area contributed by atoms with Crippen LogP contribution in [0.1, 0.15) is 32.3 Å². The summed E-state index contributed by atoms with van der Waals surface area (Å²) in [5, 5.41) is 12.3. The molecule has 144 valence electrons. The van der Waals surface area contributed by atoms with Crippen LogP contribution in [0.2, 0.25) is 0 Å². The molecular weight excluding hydrogens is 350 g/mol. The molecule has 4 nitrogen and oxygen atoms in total.